The molecule has 3 rings (SSSR count). The molecule has 1 aliphatic heterocycles. The van der Waals surface area contributed by atoms with Gasteiger partial charge in [-0.05, 0) is 26.0 Å². The molecule has 5 heteroatoms. The lowest BCUT2D eigenvalue weighted by atomic mass is 9.98. The number of thiophene rings is 1. The highest BCUT2D eigenvalue weighted by Gasteiger charge is 2.32. The Labute approximate surface area is 147 Å². The Morgan fingerprint density at radius 3 is 2.50 bits per heavy atom. The minimum absolute atomic E-state index is 0.0224. The van der Waals surface area contributed by atoms with E-state index in [4.69, 9.17) is 4.74 Å². The van der Waals surface area contributed by atoms with E-state index < -0.39 is 0 Å². The van der Waals surface area contributed by atoms with E-state index in [0.717, 1.165) is 36.1 Å². The van der Waals surface area contributed by atoms with E-state index in [0.29, 0.717) is 0 Å². The molecule has 2 N–H and O–H groups in total. The predicted molar refractivity (Wildman–Crippen MR) is 96.7 cm³/mol. The highest BCUT2D eigenvalue weighted by atomic mass is 32.1. The lowest BCUT2D eigenvalue weighted by molar-refractivity contribution is -0.940. The maximum atomic E-state index is 12.6. The van der Waals surface area contributed by atoms with Gasteiger partial charge in [-0.25, -0.2) is 0 Å². The monoisotopic (exact) mass is 345 g/mol. The van der Waals surface area contributed by atoms with Crippen LogP contribution in [-0.4, -0.2) is 38.3 Å². The van der Waals surface area contributed by atoms with Crippen molar-refractivity contribution in [2.75, 3.05) is 26.3 Å². The quantitative estimate of drug-likeness (QED) is 0.868. The third-order valence-corrected chi connectivity index (χ3v) is 5.56. The number of amides is 1. The van der Waals surface area contributed by atoms with Crippen molar-refractivity contribution in [3.05, 3.63) is 57.8 Å². The van der Waals surface area contributed by atoms with Crippen molar-refractivity contribution in [3.63, 3.8) is 0 Å². The predicted octanol–water partition coefficient (Wildman–Crippen LogP) is 1.83. The fourth-order valence-corrected chi connectivity index (χ4v) is 4.17. The Hall–Kier alpha value is -1.69. The van der Waals surface area contributed by atoms with Gasteiger partial charge >= 0.3 is 0 Å². The number of nitrogens with one attached hydrogen (secondary N) is 2. The van der Waals surface area contributed by atoms with Crippen LogP contribution in [0.3, 0.4) is 0 Å². The second kappa shape index (κ2) is 7.92. The van der Waals surface area contributed by atoms with Crippen LogP contribution in [0.15, 0.2) is 42.5 Å². The maximum Gasteiger partial charge on any atom is 0.261 e. The number of quaternary nitrogens is 1. The Balaban J connectivity index is 1.77. The molecule has 0 radical (unpaired) electrons. The van der Waals surface area contributed by atoms with E-state index in [1.165, 1.54) is 10.5 Å². The van der Waals surface area contributed by atoms with Gasteiger partial charge in [0.1, 0.15) is 19.1 Å². The van der Waals surface area contributed by atoms with Crippen molar-refractivity contribution in [1.29, 1.82) is 0 Å². The summed E-state index contributed by atoms with van der Waals surface area (Å²) in [5, 5.41) is 3.22. The van der Waals surface area contributed by atoms with Crippen LogP contribution in [0.5, 0.6) is 0 Å². The Morgan fingerprint density at radius 1 is 1.17 bits per heavy atom. The second-order valence-corrected chi connectivity index (χ2v) is 7.62. The van der Waals surface area contributed by atoms with Crippen LogP contribution in [0.4, 0.5) is 0 Å². The molecule has 1 fully saturated rings. The van der Waals surface area contributed by atoms with E-state index in [1.54, 1.807) is 11.3 Å². The summed E-state index contributed by atoms with van der Waals surface area (Å²) in [5.74, 6) is 0.0224. The lowest BCUT2D eigenvalue weighted by Gasteiger charge is -2.35. The van der Waals surface area contributed by atoms with Gasteiger partial charge in [0.2, 0.25) is 0 Å². The van der Waals surface area contributed by atoms with Crippen molar-refractivity contribution in [1.82, 2.24) is 5.32 Å². The summed E-state index contributed by atoms with van der Waals surface area (Å²) < 4.78 is 5.51. The van der Waals surface area contributed by atoms with E-state index in [1.807, 2.05) is 25.1 Å². The fraction of sp³-hybridized carbons (Fsp3) is 0.421. The Morgan fingerprint density at radius 2 is 1.88 bits per heavy atom. The molecular formula is C19H25N2O2S+. The third-order valence-electron chi connectivity index (χ3n) is 4.56. The average molecular weight is 345 g/mol. The normalized spacial score (nSPS) is 18.1. The zero-order chi connectivity index (χ0) is 16.9. The molecule has 1 aliphatic rings. The zero-order valence-electron chi connectivity index (χ0n) is 14.2. The first-order valence-corrected chi connectivity index (χ1v) is 9.31. The molecule has 1 amide bonds. The first kappa shape index (κ1) is 17.1. The first-order chi connectivity index (χ1) is 11.6. The molecule has 1 aromatic heterocycles. The topological polar surface area (TPSA) is 42.8 Å². The molecule has 0 spiro atoms. The van der Waals surface area contributed by atoms with Crippen molar-refractivity contribution < 1.29 is 14.4 Å². The first-order valence-electron chi connectivity index (χ1n) is 8.49. The van der Waals surface area contributed by atoms with Crippen LogP contribution in [0.2, 0.25) is 0 Å². The largest absolute Gasteiger partial charge is 0.370 e. The summed E-state index contributed by atoms with van der Waals surface area (Å²) >= 11 is 1.54. The number of carbonyl (C=O) groups excluding carboxylic acids is 1. The Bertz CT molecular complexity index is 665. The molecule has 4 nitrogen and oxygen atoms in total. The smallest absolute Gasteiger partial charge is 0.261 e. The minimum atomic E-state index is 0.0224. The third kappa shape index (κ3) is 4.04. The Kier molecular flexibility index (Phi) is 5.66. The van der Waals surface area contributed by atoms with Crippen molar-refractivity contribution in [2.24, 2.45) is 0 Å². The van der Waals surface area contributed by atoms with Crippen molar-refractivity contribution >= 4 is 17.2 Å². The molecule has 0 bridgehead atoms. The molecule has 0 saturated carbocycles. The van der Waals surface area contributed by atoms with Gasteiger partial charge in [0.15, 0.2) is 0 Å². The van der Waals surface area contributed by atoms with E-state index in [9.17, 15) is 4.79 Å². The van der Waals surface area contributed by atoms with Gasteiger partial charge in [-0.15, -0.1) is 11.3 Å². The molecular weight excluding hydrogens is 320 g/mol. The number of benzene rings is 1. The van der Waals surface area contributed by atoms with Crippen LogP contribution < -0.4 is 10.2 Å². The SMILES string of the molecule is Cc1ccc(C(=O)N[C@@H](C)[C@@H](c2ccccc2)[NH+]2CCOCC2)s1. The summed E-state index contributed by atoms with van der Waals surface area (Å²) in [5.41, 5.74) is 1.27. The van der Waals surface area contributed by atoms with Crippen LogP contribution in [0.25, 0.3) is 0 Å². The summed E-state index contributed by atoms with van der Waals surface area (Å²) in [6, 6.07) is 14.7. The summed E-state index contributed by atoms with van der Waals surface area (Å²) in [4.78, 5) is 16.0. The number of morpholine rings is 1. The van der Waals surface area contributed by atoms with Crippen molar-refractivity contribution in [2.45, 2.75) is 25.9 Å². The second-order valence-electron chi connectivity index (χ2n) is 6.33. The van der Waals surface area contributed by atoms with Crippen LogP contribution >= 0.6 is 11.3 Å². The molecule has 2 atom stereocenters. The van der Waals surface area contributed by atoms with E-state index in [2.05, 4.69) is 36.5 Å². The fourth-order valence-electron chi connectivity index (χ4n) is 3.40. The zero-order valence-corrected chi connectivity index (χ0v) is 15.1. The summed E-state index contributed by atoms with van der Waals surface area (Å²) in [6.45, 7) is 7.64. The molecule has 1 aromatic carbocycles. The molecule has 2 heterocycles. The van der Waals surface area contributed by atoms with Crippen molar-refractivity contribution in [3.8, 4) is 0 Å². The van der Waals surface area contributed by atoms with E-state index >= 15 is 0 Å². The number of ether oxygens (including phenoxy) is 1. The van der Waals surface area contributed by atoms with Gasteiger partial charge in [-0.1, -0.05) is 30.3 Å². The van der Waals surface area contributed by atoms with Crippen LogP contribution in [-0.2, 0) is 4.74 Å². The highest BCUT2D eigenvalue weighted by molar-refractivity contribution is 7.13. The van der Waals surface area contributed by atoms with Crippen LogP contribution in [0, 0.1) is 6.92 Å². The standard InChI is InChI=1S/C19H24N2O2S/c1-14-8-9-17(24-14)19(22)20-15(2)18(16-6-4-3-5-7-16)21-10-12-23-13-11-21/h3-9,15,18H,10-13H2,1-2H3,(H,20,22)/p+1/t15-,18-/m0/s1. The van der Waals surface area contributed by atoms with Gasteiger partial charge < -0.3 is 15.0 Å². The molecule has 2 aromatic rings. The minimum Gasteiger partial charge on any atom is -0.370 e. The van der Waals surface area contributed by atoms with Gasteiger partial charge in [-0.2, -0.15) is 0 Å². The van der Waals surface area contributed by atoms with Gasteiger partial charge in [0.05, 0.1) is 24.1 Å². The van der Waals surface area contributed by atoms with E-state index in [-0.39, 0.29) is 18.0 Å². The number of hydrogen-bond donors (Lipinski definition) is 2. The number of aryl methyl sites for hydroxylation is 1. The van der Waals surface area contributed by atoms with Crippen LogP contribution in [0.1, 0.15) is 33.1 Å². The lowest BCUT2D eigenvalue weighted by Crippen LogP contribution is -3.15. The maximum absolute atomic E-state index is 12.6. The number of hydrogen-bond acceptors (Lipinski definition) is 3. The molecule has 24 heavy (non-hydrogen) atoms. The number of rotatable bonds is 5. The molecule has 1 saturated heterocycles. The van der Waals surface area contributed by atoms with Gasteiger partial charge in [0.25, 0.3) is 5.91 Å². The summed E-state index contributed by atoms with van der Waals surface area (Å²) in [6.07, 6.45) is 0. The molecule has 128 valence electrons. The average Bonchev–Trinajstić information content (AvgIpc) is 3.04. The number of carbonyl (C=O) groups is 1. The highest BCUT2D eigenvalue weighted by Crippen LogP contribution is 2.18. The summed E-state index contributed by atoms with van der Waals surface area (Å²) in [7, 11) is 0. The molecule has 0 unspecified atom stereocenters. The van der Waals surface area contributed by atoms with Gasteiger partial charge in [0, 0.05) is 10.4 Å². The van der Waals surface area contributed by atoms with Gasteiger partial charge in [-0.3, -0.25) is 4.79 Å². The molecule has 0 aliphatic carbocycles.